The molecule has 1 heterocycles. The van der Waals surface area contributed by atoms with Gasteiger partial charge in [0.1, 0.15) is 11.3 Å². The molecule has 0 amide bonds. The lowest BCUT2D eigenvalue weighted by Crippen LogP contribution is -2.06. The van der Waals surface area contributed by atoms with Crippen molar-refractivity contribution in [2.24, 2.45) is 0 Å². The molecule has 1 aromatic heterocycles. The number of nitrogens with zero attached hydrogens (tertiary/aromatic N) is 3. The van der Waals surface area contributed by atoms with Crippen LogP contribution >= 0.6 is 15.9 Å². The van der Waals surface area contributed by atoms with Crippen LogP contribution in [0.25, 0.3) is 0 Å². The van der Waals surface area contributed by atoms with Gasteiger partial charge < -0.3 is 9.84 Å². The van der Waals surface area contributed by atoms with Crippen LogP contribution in [0, 0.1) is 0 Å². The molecule has 7 heteroatoms. The predicted molar refractivity (Wildman–Crippen MR) is 79.8 cm³/mol. The molecule has 0 unspecified atom stereocenters. The molecule has 0 bridgehead atoms. The lowest BCUT2D eigenvalue weighted by molar-refractivity contribution is 0.0694. The maximum Gasteiger partial charge on any atom is 0.341 e. The van der Waals surface area contributed by atoms with Crippen molar-refractivity contribution in [3.8, 4) is 11.8 Å². The number of rotatable bonds is 5. The molecule has 1 N–H and O–H groups in total. The molecule has 2 rings (SSSR count). The second-order valence-corrected chi connectivity index (χ2v) is 5.16. The molecule has 0 aliphatic heterocycles. The number of aromatic carboxylic acids is 1. The Morgan fingerprint density at radius 1 is 1.24 bits per heavy atom. The van der Waals surface area contributed by atoms with Gasteiger partial charge in [-0.25, -0.2) is 4.79 Å². The lowest BCUT2D eigenvalue weighted by Gasteiger charge is -2.09. The molecule has 21 heavy (non-hydrogen) atoms. The molecule has 0 spiro atoms. The first-order chi connectivity index (χ1) is 10.0. The summed E-state index contributed by atoms with van der Waals surface area (Å²) in [6, 6.07) is 4.76. The summed E-state index contributed by atoms with van der Waals surface area (Å²) >= 11 is 3.23. The number of ether oxygens (including phenoxy) is 1. The second-order valence-electron chi connectivity index (χ2n) is 4.24. The van der Waals surface area contributed by atoms with E-state index in [9.17, 15) is 9.90 Å². The van der Waals surface area contributed by atoms with Gasteiger partial charge in [-0.3, -0.25) is 0 Å². The van der Waals surface area contributed by atoms with E-state index in [1.54, 1.807) is 12.1 Å². The van der Waals surface area contributed by atoms with E-state index in [0.29, 0.717) is 10.9 Å². The number of hydrogen-bond donors (Lipinski definition) is 1. The Kier molecular flexibility index (Phi) is 4.85. The van der Waals surface area contributed by atoms with Gasteiger partial charge in [0.05, 0.1) is 11.4 Å². The van der Waals surface area contributed by atoms with Crippen molar-refractivity contribution in [2.75, 3.05) is 0 Å². The van der Waals surface area contributed by atoms with Crippen molar-refractivity contribution in [1.82, 2.24) is 15.2 Å². The van der Waals surface area contributed by atoms with Gasteiger partial charge in [0.15, 0.2) is 0 Å². The molecule has 0 aliphatic carbocycles. The van der Waals surface area contributed by atoms with Crippen LogP contribution in [0.15, 0.2) is 22.7 Å². The highest BCUT2D eigenvalue weighted by Crippen LogP contribution is 2.26. The zero-order chi connectivity index (χ0) is 15.4. The molecule has 2 aromatic rings. The van der Waals surface area contributed by atoms with Gasteiger partial charge in [-0.05, 0) is 31.0 Å². The quantitative estimate of drug-likeness (QED) is 0.889. The predicted octanol–water partition coefficient (Wildman–Crippen LogP) is 3.25. The van der Waals surface area contributed by atoms with Gasteiger partial charge in [0.2, 0.25) is 0 Å². The Hall–Kier alpha value is -2.02. The highest BCUT2D eigenvalue weighted by molar-refractivity contribution is 9.10. The summed E-state index contributed by atoms with van der Waals surface area (Å²) in [6.45, 7) is 3.94. The number of halogens is 1. The minimum absolute atomic E-state index is 0.0330. The Morgan fingerprint density at radius 3 is 2.57 bits per heavy atom. The molecule has 1 aromatic carbocycles. The Balaban J connectivity index is 2.36. The third-order valence-corrected chi connectivity index (χ3v) is 3.36. The van der Waals surface area contributed by atoms with E-state index in [4.69, 9.17) is 4.74 Å². The first-order valence-corrected chi connectivity index (χ1v) is 7.27. The molecule has 0 fully saturated rings. The first-order valence-electron chi connectivity index (χ1n) is 6.48. The number of carboxylic acid groups (broad SMARTS) is 1. The zero-order valence-electron chi connectivity index (χ0n) is 11.6. The van der Waals surface area contributed by atoms with Crippen molar-refractivity contribution >= 4 is 21.9 Å². The highest BCUT2D eigenvalue weighted by atomic mass is 79.9. The minimum Gasteiger partial charge on any atom is -0.478 e. The van der Waals surface area contributed by atoms with Crippen molar-refractivity contribution < 1.29 is 14.6 Å². The molecule has 6 nitrogen and oxygen atoms in total. The summed E-state index contributed by atoms with van der Waals surface area (Å²) in [5, 5.41) is 17.1. The van der Waals surface area contributed by atoms with E-state index in [2.05, 4.69) is 31.1 Å². The van der Waals surface area contributed by atoms with Crippen LogP contribution in [0.1, 0.15) is 35.6 Å². The molecular formula is C14H14BrN3O3. The number of aryl methyl sites for hydroxylation is 2. The zero-order valence-corrected chi connectivity index (χ0v) is 13.2. The van der Waals surface area contributed by atoms with E-state index >= 15 is 0 Å². The summed E-state index contributed by atoms with van der Waals surface area (Å²) in [6.07, 6.45) is 1.45. The van der Waals surface area contributed by atoms with Crippen LogP contribution in [-0.2, 0) is 12.8 Å². The van der Waals surface area contributed by atoms with E-state index in [1.165, 1.54) is 6.07 Å². The largest absolute Gasteiger partial charge is 0.478 e. The van der Waals surface area contributed by atoms with Gasteiger partial charge in [-0.15, -0.1) is 5.10 Å². The number of carboxylic acids is 1. The molecule has 0 atom stereocenters. The molecule has 0 saturated heterocycles. The van der Waals surface area contributed by atoms with Gasteiger partial charge in [-0.1, -0.05) is 34.9 Å². The van der Waals surface area contributed by atoms with Crippen LogP contribution < -0.4 is 4.74 Å². The Labute approximate surface area is 130 Å². The summed E-state index contributed by atoms with van der Waals surface area (Å²) in [5.74, 6) is -0.904. The summed E-state index contributed by atoms with van der Waals surface area (Å²) in [7, 11) is 0. The van der Waals surface area contributed by atoms with Crippen LogP contribution in [0.2, 0.25) is 0 Å². The first kappa shape index (κ1) is 15.4. The van der Waals surface area contributed by atoms with Crippen LogP contribution in [0.4, 0.5) is 0 Å². The Morgan fingerprint density at radius 2 is 1.95 bits per heavy atom. The summed E-state index contributed by atoms with van der Waals surface area (Å²) < 4.78 is 6.14. The minimum atomic E-state index is -1.08. The molecule has 0 radical (unpaired) electrons. The lowest BCUT2D eigenvalue weighted by atomic mass is 10.2. The molecule has 110 valence electrons. The third kappa shape index (κ3) is 3.55. The van der Waals surface area contributed by atoms with Crippen molar-refractivity contribution in [2.45, 2.75) is 26.7 Å². The van der Waals surface area contributed by atoms with Gasteiger partial charge in [0, 0.05) is 4.47 Å². The monoisotopic (exact) mass is 351 g/mol. The van der Waals surface area contributed by atoms with E-state index in [1.807, 2.05) is 13.8 Å². The van der Waals surface area contributed by atoms with E-state index in [-0.39, 0.29) is 17.3 Å². The smallest absolute Gasteiger partial charge is 0.341 e. The maximum atomic E-state index is 11.2. The Bertz CT molecular complexity index is 677. The van der Waals surface area contributed by atoms with E-state index < -0.39 is 5.97 Å². The number of hydrogen-bond acceptors (Lipinski definition) is 5. The molecule has 0 saturated carbocycles. The third-order valence-electron chi connectivity index (χ3n) is 2.86. The average molecular weight is 352 g/mol. The van der Waals surface area contributed by atoms with Crippen LogP contribution in [-0.4, -0.2) is 26.3 Å². The van der Waals surface area contributed by atoms with Gasteiger partial charge in [0.25, 0.3) is 0 Å². The summed E-state index contributed by atoms with van der Waals surface area (Å²) in [4.78, 5) is 15.5. The standard InChI is InChI=1S/C14H14BrN3O3/c1-3-10-11(4-2)17-18-14(16-10)21-12-6-5-8(15)7-9(12)13(19)20/h5-7H,3-4H2,1-2H3,(H,19,20). The average Bonchev–Trinajstić information content (AvgIpc) is 2.48. The second kappa shape index (κ2) is 6.62. The van der Waals surface area contributed by atoms with Crippen LogP contribution in [0.3, 0.4) is 0 Å². The van der Waals surface area contributed by atoms with Gasteiger partial charge in [-0.2, -0.15) is 4.98 Å². The van der Waals surface area contributed by atoms with Crippen molar-refractivity contribution in [3.63, 3.8) is 0 Å². The number of aromatic nitrogens is 3. The molecule has 0 aliphatic rings. The van der Waals surface area contributed by atoms with Crippen molar-refractivity contribution in [3.05, 3.63) is 39.6 Å². The normalized spacial score (nSPS) is 10.4. The fourth-order valence-electron chi connectivity index (χ4n) is 1.82. The van der Waals surface area contributed by atoms with Crippen molar-refractivity contribution in [1.29, 1.82) is 0 Å². The van der Waals surface area contributed by atoms with E-state index in [0.717, 1.165) is 17.8 Å². The topological polar surface area (TPSA) is 85.2 Å². The highest BCUT2D eigenvalue weighted by Gasteiger charge is 2.15. The van der Waals surface area contributed by atoms with Crippen LogP contribution in [0.5, 0.6) is 11.8 Å². The fourth-order valence-corrected chi connectivity index (χ4v) is 2.18. The fraction of sp³-hybridized carbons (Fsp3) is 0.286. The van der Waals surface area contributed by atoms with Gasteiger partial charge >= 0.3 is 12.0 Å². The molecular weight excluding hydrogens is 338 g/mol. The number of benzene rings is 1. The number of carbonyl (C=O) groups is 1. The maximum absolute atomic E-state index is 11.2. The summed E-state index contributed by atoms with van der Waals surface area (Å²) in [5.41, 5.74) is 1.65. The SMILES string of the molecule is CCc1nnc(Oc2ccc(Br)cc2C(=O)O)nc1CC.